The Balaban J connectivity index is 4.56. The molecule has 2 N–H and O–H groups in total. The van der Waals surface area contributed by atoms with Gasteiger partial charge in [0.2, 0.25) is 0 Å². The van der Waals surface area contributed by atoms with Gasteiger partial charge in [0.25, 0.3) is 0 Å². The van der Waals surface area contributed by atoms with E-state index < -0.39 is 13.4 Å². The van der Waals surface area contributed by atoms with Gasteiger partial charge in [-0.2, -0.15) is 5.26 Å². The summed E-state index contributed by atoms with van der Waals surface area (Å²) < 4.78 is 14.8. The van der Waals surface area contributed by atoms with Crippen molar-refractivity contribution in [2.24, 2.45) is 0 Å². The van der Waals surface area contributed by atoms with Crippen LogP contribution in [0.2, 0.25) is 0 Å². The Kier molecular flexibility index (Phi) is 3.88. The minimum absolute atomic E-state index is 0.255. The first-order valence-electron chi connectivity index (χ1n) is 3.56. The molecule has 70 valence electrons. The van der Waals surface area contributed by atoms with Crippen LogP contribution in [-0.2, 0) is 9.09 Å². The third-order valence-corrected chi connectivity index (χ3v) is 2.23. The van der Waals surface area contributed by atoms with E-state index in [-0.39, 0.29) is 12.8 Å². The quantitative estimate of drug-likeness (QED) is 0.654. The number of phosphoric ester groups is 1. The van der Waals surface area contributed by atoms with Crippen LogP contribution in [0.25, 0.3) is 0 Å². The van der Waals surface area contributed by atoms with E-state index in [4.69, 9.17) is 15.0 Å². The normalized spacial score (nSPS) is 12.6. The van der Waals surface area contributed by atoms with Crippen molar-refractivity contribution >= 4 is 7.82 Å². The van der Waals surface area contributed by atoms with Gasteiger partial charge in [0.1, 0.15) is 0 Å². The zero-order chi connectivity index (χ0) is 9.83. The molecule has 12 heavy (non-hydrogen) atoms. The molecule has 6 heteroatoms. The molecule has 0 radical (unpaired) electrons. The molecule has 0 bridgehead atoms. The lowest BCUT2D eigenvalue weighted by Gasteiger charge is -2.23. The largest absolute Gasteiger partial charge is 0.471 e. The second kappa shape index (κ2) is 4.01. The van der Waals surface area contributed by atoms with Crippen molar-refractivity contribution < 1.29 is 18.9 Å². The molecule has 0 rings (SSSR count). The summed E-state index contributed by atoms with van der Waals surface area (Å²) in [5.41, 5.74) is -1.35. The predicted octanol–water partition coefficient (Wildman–Crippen LogP) is 1.18. The van der Waals surface area contributed by atoms with Crippen LogP contribution in [0.1, 0.15) is 26.7 Å². The third-order valence-electron chi connectivity index (χ3n) is 1.64. The second-order valence-corrected chi connectivity index (χ2v) is 3.56. The Morgan fingerprint density at radius 3 is 2.00 bits per heavy atom. The van der Waals surface area contributed by atoms with Gasteiger partial charge in [0.05, 0.1) is 6.07 Å². The minimum atomic E-state index is -4.56. The number of phosphoric acid groups is 1. The minimum Gasteiger partial charge on any atom is -0.303 e. The molecule has 0 saturated carbocycles. The first kappa shape index (κ1) is 11.6. The van der Waals surface area contributed by atoms with Gasteiger partial charge in [-0.15, -0.1) is 0 Å². The third kappa shape index (κ3) is 3.33. The predicted molar refractivity (Wildman–Crippen MR) is 42.1 cm³/mol. The molecule has 0 atom stereocenters. The molecule has 0 fully saturated rings. The van der Waals surface area contributed by atoms with Crippen LogP contribution < -0.4 is 0 Å². The van der Waals surface area contributed by atoms with Crippen molar-refractivity contribution in [1.82, 2.24) is 0 Å². The summed E-state index contributed by atoms with van der Waals surface area (Å²) in [6.45, 7) is 3.28. The van der Waals surface area contributed by atoms with Gasteiger partial charge in [-0.3, -0.25) is 4.52 Å². The van der Waals surface area contributed by atoms with Crippen LogP contribution in [0.5, 0.6) is 0 Å². The van der Waals surface area contributed by atoms with Crippen molar-refractivity contribution in [3.8, 4) is 6.07 Å². The van der Waals surface area contributed by atoms with Crippen LogP contribution in [0.15, 0.2) is 0 Å². The van der Waals surface area contributed by atoms with Crippen LogP contribution in [0.4, 0.5) is 0 Å². The van der Waals surface area contributed by atoms with E-state index in [0.717, 1.165) is 0 Å². The fourth-order valence-electron chi connectivity index (χ4n) is 0.785. The molecule has 0 heterocycles. The Morgan fingerprint density at radius 2 is 1.92 bits per heavy atom. The molecular weight excluding hydrogens is 181 g/mol. The fourth-order valence-corrected chi connectivity index (χ4v) is 1.54. The Bertz CT molecular complexity index is 224. The van der Waals surface area contributed by atoms with E-state index in [1.165, 1.54) is 0 Å². The fraction of sp³-hybridized carbons (Fsp3) is 0.833. The van der Waals surface area contributed by atoms with E-state index in [0.29, 0.717) is 0 Å². The standard InChI is InChI=1S/C6H12NO4P/c1-3-6(4-2,5-7)11-12(8,9)10/h3-4H2,1-2H3,(H2,8,9,10). The van der Waals surface area contributed by atoms with Gasteiger partial charge in [-0.1, -0.05) is 13.8 Å². The highest BCUT2D eigenvalue weighted by molar-refractivity contribution is 7.46. The topological polar surface area (TPSA) is 90.5 Å². The van der Waals surface area contributed by atoms with E-state index in [9.17, 15) is 4.57 Å². The molecule has 5 nitrogen and oxygen atoms in total. The lowest BCUT2D eigenvalue weighted by Crippen LogP contribution is -2.27. The zero-order valence-corrected chi connectivity index (χ0v) is 7.91. The maximum Gasteiger partial charge on any atom is 0.471 e. The average Bonchev–Trinajstić information content (AvgIpc) is 1.99. The van der Waals surface area contributed by atoms with Crippen molar-refractivity contribution in [2.45, 2.75) is 32.3 Å². The SMILES string of the molecule is CCC(C#N)(CC)OP(=O)(O)O. The molecule has 0 saturated heterocycles. The molecule has 0 aliphatic heterocycles. The molecule has 0 aromatic rings. The lowest BCUT2D eigenvalue weighted by molar-refractivity contribution is 0.0732. The number of hydrogen-bond donors (Lipinski definition) is 2. The maximum absolute atomic E-state index is 10.4. The van der Waals surface area contributed by atoms with E-state index in [1.54, 1.807) is 19.9 Å². The number of hydrogen-bond acceptors (Lipinski definition) is 3. The highest BCUT2D eigenvalue weighted by Gasteiger charge is 2.34. The van der Waals surface area contributed by atoms with E-state index in [1.807, 2.05) is 0 Å². The molecule has 0 spiro atoms. The van der Waals surface area contributed by atoms with Gasteiger partial charge in [-0.05, 0) is 12.8 Å². The first-order valence-corrected chi connectivity index (χ1v) is 5.09. The maximum atomic E-state index is 10.4. The molecule has 0 unspecified atom stereocenters. The van der Waals surface area contributed by atoms with E-state index >= 15 is 0 Å². The summed E-state index contributed by atoms with van der Waals surface area (Å²) in [6.07, 6.45) is 0.510. The average molecular weight is 193 g/mol. The van der Waals surface area contributed by atoms with Gasteiger partial charge < -0.3 is 9.79 Å². The van der Waals surface area contributed by atoms with Crippen LogP contribution in [0.3, 0.4) is 0 Å². The summed E-state index contributed by atoms with van der Waals surface area (Å²) in [6, 6.07) is 1.76. The zero-order valence-electron chi connectivity index (χ0n) is 7.02. The Hall–Kier alpha value is -0.400. The van der Waals surface area contributed by atoms with Crippen molar-refractivity contribution in [1.29, 1.82) is 5.26 Å². The number of rotatable bonds is 4. The summed E-state index contributed by atoms with van der Waals surface area (Å²) >= 11 is 0. The van der Waals surface area contributed by atoms with Crippen LogP contribution in [0, 0.1) is 11.3 Å². The molecule has 0 aliphatic rings. The van der Waals surface area contributed by atoms with Crippen LogP contribution >= 0.6 is 7.82 Å². The molecule has 0 amide bonds. The highest BCUT2D eigenvalue weighted by Crippen LogP contribution is 2.43. The second-order valence-electron chi connectivity index (χ2n) is 2.40. The first-order chi connectivity index (χ1) is 5.39. The van der Waals surface area contributed by atoms with Gasteiger partial charge in [-0.25, -0.2) is 4.57 Å². The van der Waals surface area contributed by atoms with Gasteiger partial charge >= 0.3 is 7.82 Å². The molecule has 0 aromatic carbocycles. The lowest BCUT2D eigenvalue weighted by atomic mass is 10.0. The summed E-state index contributed by atoms with van der Waals surface area (Å²) in [5, 5.41) is 8.62. The highest BCUT2D eigenvalue weighted by atomic mass is 31.2. The number of nitriles is 1. The Labute approximate surface area is 71.2 Å². The van der Waals surface area contributed by atoms with Crippen molar-refractivity contribution in [2.75, 3.05) is 0 Å². The summed E-state index contributed by atoms with van der Waals surface area (Å²) in [5.74, 6) is 0. The molecule has 0 aliphatic carbocycles. The summed E-state index contributed by atoms with van der Waals surface area (Å²) in [7, 11) is -4.56. The smallest absolute Gasteiger partial charge is 0.303 e. The van der Waals surface area contributed by atoms with Crippen molar-refractivity contribution in [3.05, 3.63) is 0 Å². The van der Waals surface area contributed by atoms with Gasteiger partial charge in [0, 0.05) is 0 Å². The molecule has 0 aromatic heterocycles. The summed E-state index contributed by atoms with van der Waals surface area (Å²) in [4.78, 5) is 17.0. The van der Waals surface area contributed by atoms with E-state index in [2.05, 4.69) is 4.52 Å². The Morgan fingerprint density at radius 1 is 1.50 bits per heavy atom. The van der Waals surface area contributed by atoms with Crippen molar-refractivity contribution in [3.63, 3.8) is 0 Å². The van der Waals surface area contributed by atoms with Crippen LogP contribution in [-0.4, -0.2) is 15.4 Å². The number of nitrogens with zero attached hydrogens (tertiary/aromatic N) is 1. The van der Waals surface area contributed by atoms with Gasteiger partial charge in [0.15, 0.2) is 5.60 Å². The molecular formula is C6H12NO4P. The monoisotopic (exact) mass is 193 g/mol.